The molecule has 34 heavy (non-hydrogen) atoms. The lowest BCUT2D eigenvalue weighted by atomic mass is 9.97. The molecule has 4 aromatic rings. The van der Waals surface area contributed by atoms with Gasteiger partial charge in [0.25, 0.3) is 5.91 Å². The van der Waals surface area contributed by atoms with E-state index in [-0.39, 0.29) is 29.2 Å². The largest absolute Gasteiger partial charge is 0.416 e. The molecule has 0 saturated carbocycles. The van der Waals surface area contributed by atoms with Gasteiger partial charge in [0.15, 0.2) is 0 Å². The van der Waals surface area contributed by atoms with E-state index in [9.17, 15) is 18.0 Å². The molecule has 2 aromatic carbocycles. The van der Waals surface area contributed by atoms with E-state index in [1.807, 2.05) is 36.7 Å². The Labute approximate surface area is 193 Å². The number of nitrogens with one attached hydrogen (secondary N) is 1. The molecule has 2 aromatic heterocycles. The predicted octanol–water partition coefficient (Wildman–Crippen LogP) is 4.73. The fraction of sp³-hybridized carbons (Fsp3) is 0.250. The van der Waals surface area contributed by atoms with Crippen LogP contribution < -0.4 is 4.90 Å². The van der Waals surface area contributed by atoms with Crippen molar-refractivity contribution in [3.63, 3.8) is 0 Å². The lowest BCUT2D eigenvalue weighted by Crippen LogP contribution is -2.23. The summed E-state index contributed by atoms with van der Waals surface area (Å²) in [6, 6.07) is 11.5. The van der Waals surface area contributed by atoms with E-state index < -0.39 is 17.6 Å². The first-order valence-corrected chi connectivity index (χ1v) is 10.7. The summed E-state index contributed by atoms with van der Waals surface area (Å²) in [5, 5.41) is 14.5. The Kier molecular flexibility index (Phi) is 5.22. The molecule has 0 saturated heterocycles. The molecule has 1 amide bonds. The van der Waals surface area contributed by atoms with Gasteiger partial charge in [-0.05, 0) is 47.4 Å². The molecule has 0 bridgehead atoms. The van der Waals surface area contributed by atoms with Gasteiger partial charge in [-0.1, -0.05) is 19.1 Å². The molecule has 5 rings (SSSR count). The highest BCUT2D eigenvalue weighted by molar-refractivity contribution is 6.11. The van der Waals surface area contributed by atoms with Gasteiger partial charge in [-0.25, -0.2) is 0 Å². The van der Waals surface area contributed by atoms with Crippen molar-refractivity contribution in [2.24, 2.45) is 7.05 Å². The summed E-state index contributed by atoms with van der Waals surface area (Å²) in [5.74, 6) is 0.435. The number of anilines is 1. The van der Waals surface area contributed by atoms with Gasteiger partial charge in [0.2, 0.25) is 0 Å². The van der Waals surface area contributed by atoms with E-state index in [4.69, 9.17) is 0 Å². The highest BCUT2D eigenvalue weighted by Gasteiger charge is 2.40. The SMILES string of the molecule is C[C@H](Cc1nncn1C)c1cccc(N2Cc3c(cc(-c4ccn[nH]4)cc3C(F)(F)F)C2=O)c1. The van der Waals surface area contributed by atoms with Crippen molar-refractivity contribution < 1.29 is 18.0 Å². The Hall–Kier alpha value is -3.95. The minimum absolute atomic E-state index is 0.0155. The molecule has 0 unspecified atom stereocenters. The van der Waals surface area contributed by atoms with Gasteiger partial charge in [0, 0.05) is 36.5 Å². The van der Waals surface area contributed by atoms with Crippen molar-refractivity contribution in [3.8, 4) is 11.3 Å². The Bertz CT molecular complexity index is 1360. The minimum Gasteiger partial charge on any atom is -0.321 e. The second-order valence-electron chi connectivity index (χ2n) is 8.47. The molecule has 3 heterocycles. The number of aromatic amines is 1. The number of hydrogen-bond donors (Lipinski definition) is 1. The van der Waals surface area contributed by atoms with E-state index in [0.29, 0.717) is 17.8 Å². The Balaban J connectivity index is 1.49. The Morgan fingerprint density at radius 2 is 2.00 bits per heavy atom. The van der Waals surface area contributed by atoms with Gasteiger partial charge < -0.3 is 9.47 Å². The standard InChI is InChI=1S/C24H21F3N6O/c1-14(8-22-31-29-13-32(22)2)15-4-3-5-17(9-15)33-12-19-18(23(33)34)10-16(21-6-7-28-30-21)11-20(19)24(25,26)27/h3-7,9-11,13-14H,8,12H2,1-2H3,(H,28,30)/t14-/m1/s1. The number of aromatic nitrogens is 5. The summed E-state index contributed by atoms with van der Waals surface area (Å²) in [6.07, 6.45) is -0.866. The topological polar surface area (TPSA) is 79.7 Å². The van der Waals surface area contributed by atoms with E-state index in [2.05, 4.69) is 20.4 Å². The fourth-order valence-corrected chi connectivity index (χ4v) is 4.32. The number of H-pyrrole nitrogens is 1. The summed E-state index contributed by atoms with van der Waals surface area (Å²) in [7, 11) is 1.87. The summed E-state index contributed by atoms with van der Waals surface area (Å²) < 4.78 is 43.7. The van der Waals surface area contributed by atoms with E-state index in [1.54, 1.807) is 18.5 Å². The van der Waals surface area contributed by atoms with Crippen molar-refractivity contribution in [1.82, 2.24) is 25.0 Å². The minimum atomic E-state index is -4.59. The van der Waals surface area contributed by atoms with Gasteiger partial charge in [0.1, 0.15) is 12.2 Å². The fourth-order valence-electron chi connectivity index (χ4n) is 4.32. The van der Waals surface area contributed by atoms with Crippen molar-refractivity contribution in [1.29, 1.82) is 0 Å². The number of halogens is 3. The van der Waals surface area contributed by atoms with Crippen molar-refractivity contribution in [2.75, 3.05) is 4.90 Å². The number of hydrogen-bond acceptors (Lipinski definition) is 4. The molecule has 1 atom stereocenters. The zero-order valence-corrected chi connectivity index (χ0v) is 18.5. The number of carbonyl (C=O) groups is 1. The van der Waals surface area contributed by atoms with Crippen LogP contribution in [-0.4, -0.2) is 30.9 Å². The summed E-state index contributed by atoms with van der Waals surface area (Å²) >= 11 is 0. The van der Waals surface area contributed by atoms with Gasteiger partial charge in [0.05, 0.1) is 17.8 Å². The maximum atomic E-state index is 13.9. The molecule has 0 radical (unpaired) electrons. The normalized spacial score (nSPS) is 14.5. The molecular formula is C24H21F3N6O. The first kappa shape index (κ1) is 21.9. The van der Waals surface area contributed by atoms with Crippen LogP contribution in [0.25, 0.3) is 11.3 Å². The highest BCUT2D eigenvalue weighted by atomic mass is 19.4. The second kappa shape index (κ2) is 8.12. The smallest absolute Gasteiger partial charge is 0.321 e. The summed E-state index contributed by atoms with van der Waals surface area (Å²) in [4.78, 5) is 14.7. The third-order valence-corrected chi connectivity index (χ3v) is 6.20. The zero-order chi connectivity index (χ0) is 24.0. The van der Waals surface area contributed by atoms with Crippen LogP contribution in [0.4, 0.5) is 18.9 Å². The van der Waals surface area contributed by atoms with Crippen LogP contribution in [0.1, 0.15) is 45.7 Å². The van der Waals surface area contributed by atoms with Crippen LogP contribution in [-0.2, 0) is 26.2 Å². The number of amides is 1. The lowest BCUT2D eigenvalue weighted by molar-refractivity contribution is -0.138. The molecular weight excluding hydrogens is 445 g/mol. The Morgan fingerprint density at radius 3 is 2.68 bits per heavy atom. The predicted molar refractivity (Wildman–Crippen MR) is 119 cm³/mol. The number of aryl methyl sites for hydroxylation is 1. The van der Waals surface area contributed by atoms with Crippen molar-refractivity contribution in [3.05, 3.63) is 83.1 Å². The number of fused-ring (bicyclic) bond motifs is 1. The molecule has 0 spiro atoms. The first-order chi connectivity index (χ1) is 16.2. The van der Waals surface area contributed by atoms with E-state index in [0.717, 1.165) is 17.5 Å². The maximum Gasteiger partial charge on any atom is 0.416 e. The average Bonchev–Trinajstić information content (AvgIpc) is 3.54. The Morgan fingerprint density at radius 1 is 1.18 bits per heavy atom. The molecule has 174 valence electrons. The van der Waals surface area contributed by atoms with Gasteiger partial charge in [-0.2, -0.15) is 18.3 Å². The summed E-state index contributed by atoms with van der Waals surface area (Å²) in [5.41, 5.74) is 1.43. The van der Waals surface area contributed by atoms with Crippen LogP contribution >= 0.6 is 0 Å². The zero-order valence-electron chi connectivity index (χ0n) is 18.5. The number of rotatable bonds is 5. The third-order valence-electron chi connectivity index (χ3n) is 6.20. The van der Waals surface area contributed by atoms with E-state index in [1.165, 1.54) is 17.2 Å². The second-order valence-corrected chi connectivity index (χ2v) is 8.47. The van der Waals surface area contributed by atoms with Crippen LogP contribution in [0.5, 0.6) is 0 Å². The summed E-state index contributed by atoms with van der Waals surface area (Å²) in [6.45, 7) is 1.89. The average molecular weight is 466 g/mol. The van der Waals surface area contributed by atoms with Crippen LogP contribution in [0.2, 0.25) is 0 Å². The highest BCUT2D eigenvalue weighted by Crippen LogP contribution is 2.41. The molecule has 10 heteroatoms. The molecule has 0 aliphatic carbocycles. The number of benzene rings is 2. The molecule has 7 nitrogen and oxygen atoms in total. The van der Waals surface area contributed by atoms with E-state index >= 15 is 0 Å². The van der Waals surface area contributed by atoms with Crippen molar-refractivity contribution in [2.45, 2.75) is 32.0 Å². The maximum absolute atomic E-state index is 13.9. The molecule has 1 aliphatic rings. The van der Waals surface area contributed by atoms with Crippen LogP contribution in [0.3, 0.4) is 0 Å². The number of carbonyl (C=O) groups excluding carboxylic acids is 1. The monoisotopic (exact) mass is 466 g/mol. The van der Waals surface area contributed by atoms with Crippen LogP contribution in [0, 0.1) is 0 Å². The molecule has 1 N–H and O–H groups in total. The quantitative estimate of drug-likeness (QED) is 0.461. The van der Waals surface area contributed by atoms with Gasteiger partial charge >= 0.3 is 6.18 Å². The van der Waals surface area contributed by atoms with Gasteiger partial charge in [-0.15, -0.1) is 10.2 Å². The molecule has 0 fully saturated rings. The van der Waals surface area contributed by atoms with Gasteiger partial charge in [-0.3, -0.25) is 9.89 Å². The molecule has 1 aliphatic heterocycles. The van der Waals surface area contributed by atoms with Crippen LogP contribution in [0.15, 0.2) is 55.0 Å². The number of alkyl halides is 3. The number of nitrogens with zero attached hydrogens (tertiary/aromatic N) is 5. The van der Waals surface area contributed by atoms with Crippen molar-refractivity contribution >= 4 is 11.6 Å². The first-order valence-electron chi connectivity index (χ1n) is 10.7. The third kappa shape index (κ3) is 3.85. The lowest BCUT2D eigenvalue weighted by Gasteiger charge is -2.19.